The van der Waals surface area contributed by atoms with Gasteiger partial charge < -0.3 is 5.11 Å². The van der Waals surface area contributed by atoms with Crippen molar-refractivity contribution in [3.8, 4) is 5.88 Å². The van der Waals surface area contributed by atoms with Crippen molar-refractivity contribution in [1.82, 2.24) is 9.36 Å². The molecule has 78 valence electrons. The van der Waals surface area contributed by atoms with Crippen molar-refractivity contribution >= 4 is 5.78 Å². The van der Waals surface area contributed by atoms with Crippen molar-refractivity contribution in [1.29, 1.82) is 0 Å². The van der Waals surface area contributed by atoms with Gasteiger partial charge in [-0.05, 0) is 0 Å². The van der Waals surface area contributed by atoms with E-state index in [1.165, 1.54) is 23.5 Å². The van der Waals surface area contributed by atoms with Crippen molar-refractivity contribution < 1.29 is 9.90 Å². The lowest BCUT2D eigenvalue weighted by Gasteiger charge is -2.00. The summed E-state index contributed by atoms with van der Waals surface area (Å²) in [5, 5.41) is 9.54. The number of carbonyl (C=O) groups is 1. The van der Waals surface area contributed by atoms with Crippen LogP contribution in [0.1, 0.15) is 24.2 Å². The van der Waals surface area contributed by atoms with Crippen LogP contribution in [0.3, 0.4) is 0 Å². The van der Waals surface area contributed by atoms with E-state index in [0.29, 0.717) is 0 Å². The molecule has 1 aromatic heterocycles. The standard InChI is InChI=1S/C9H14N2O3/c1-5(2)7(12)6-8(13)10(3)11(4)9(6)14/h5,13H,1-4H3. The van der Waals surface area contributed by atoms with Gasteiger partial charge in [0.15, 0.2) is 5.78 Å². The maximum Gasteiger partial charge on any atom is 0.281 e. The van der Waals surface area contributed by atoms with Crippen molar-refractivity contribution in [2.24, 2.45) is 20.0 Å². The predicted octanol–water partition coefficient (Wildman–Crippen LogP) is 0.268. The van der Waals surface area contributed by atoms with E-state index in [0.717, 1.165) is 0 Å². The highest BCUT2D eigenvalue weighted by molar-refractivity contribution is 5.99. The first-order chi connectivity index (χ1) is 6.37. The Labute approximate surface area is 81.6 Å². The van der Waals surface area contributed by atoms with E-state index in [1.54, 1.807) is 13.8 Å². The van der Waals surface area contributed by atoms with E-state index in [2.05, 4.69) is 0 Å². The third-order valence-corrected chi connectivity index (χ3v) is 2.26. The second kappa shape index (κ2) is 3.32. The van der Waals surface area contributed by atoms with Gasteiger partial charge in [0.1, 0.15) is 5.56 Å². The lowest BCUT2D eigenvalue weighted by molar-refractivity contribution is 0.0935. The van der Waals surface area contributed by atoms with E-state index in [1.807, 2.05) is 0 Å². The summed E-state index contributed by atoms with van der Waals surface area (Å²) in [6.07, 6.45) is 0. The number of hydrogen-bond acceptors (Lipinski definition) is 3. The van der Waals surface area contributed by atoms with Crippen molar-refractivity contribution in [2.75, 3.05) is 0 Å². The number of aromatic nitrogens is 2. The Morgan fingerprint density at radius 3 is 2.07 bits per heavy atom. The third-order valence-electron chi connectivity index (χ3n) is 2.26. The largest absolute Gasteiger partial charge is 0.493 e. The number of aromatic hydroxyl groups is 1. The molecule has 5 heteroatoms. The summed E-state index contributed by atoms with van der Waals surface area (Å²) >= 11 is 0. The fourth-order valence-corrected chi connectivity index (χ4v) is 1.20. The molecule has 0 aliphatic carbocycles. The molecule has 0 radical (unpaired) electrons. The fourth-order valence-electron chi connectivity index (χ4n) is 1.20. The highest BCUT2D eigenvalue weighted by Gasteiger charge is 2.23. The molecule has 1 rings (SSSR count). The molecular formula is C9H14N2O3. The van der Waals surface area contributed by atoms with Crippen LogP contribution in [-0.2, 0) is 14.1 Å². The van der Waals surface area contributed by atoms with Gasteiger partial charge in [-0.2, -0.15) is 0 Å². The molecule has 0 amide bonds. The van der Waals surface area contributed by atoms with Crippen LogP contribution in [-0.4, -0.2) is 20.3 Å². The Bertz CT molecular complexity index is 426. The smallest absolute Gasteiger partial charge is 0.281 e. The number of hydrogen-bond donors (Lipinski definition) is 1. The molecule has 0 atom stereocenters. The van der Waals surface area contributed by atoms with Gasteiger partial charge in [0.2, 0.25) is 5.88 Å². The summed E-state index contributed by atoms with van der Waals surface area (Å²) in [6, 6.07) is 0. The maximum absolute atomic E-state index is 11.6. The highest BCUT2D eigenvalue weighted by Crippen LogP contribution is 2.15. The van der Waals surface area contributed by atoms with Gasteiger partial charge >= 0.3 is 0 Å². The zero-order chi connectivity index (χ0) is 11.0. The molecule has 0 aromatic carbocycles. The third kappa shape index (κ3) is 1.34. The highest BCUT2D eigenvalue weighted by atomic mass is 16.3. The summed E-state index contributed by atoms with van der Waals surface area (Å²) in [7, 11) is 3.02. The molecule has 0 aliphatic rings. The minimum Gasteiger partial charge on any atom is -0.493 e. The monoisotopic (exact) mass is 198 g/mol. The molecule has 0 spiro atoms. The zero-order valence-corrected chi connectivity index (χ0v) is 8.74. The SMILES string of the molecule is CC(C)C(=O)c1c(O)n(C)n(C)c1=O. The van der Waals surface area contributed by atoms with Crippen LogP contribution >= 0.6 is 0 Å². The molecular weight excluding hydrogens is 184 g/mol. The molecule has 14 heavy (non-hydrogen) atoms. The lowest BCUT2D eigenvalue weighted by atomic mass is 10.0. The summed E-state index contributed by atoms with van der Waals surface area (Å²) in [5.74, 6) is -0.893. The van der Waals surface area contributed by atoms with Gasteiger partial charge in [-0.1, -0.05) is 13.8 Å². The van der Waals surface area contributed by atoms with E-state index in [-0.39, 0.29) is 23.1 Å². The number of ketones is 1. The minimum absolute atomic E-state index is 0.120. The molecule has 5 nitrogen and oxygen atoms in total. The van der Waals surface area contributed by atoms with Crippen molar-refractivity contribution in [2.45, 2.75) is 13.8 Å². The molecule has 0 fully saturated rings. The first-order valence-corrected chi connectivity index (χ1v) is 4.37. The normalized spacial score (nSPS) is 10.9. The van der Waals surface area contributed by atoms with Gasteiger partial charge in [-0.3, -0.25) is 19.0 Å². The summed E-state index contributed by atoms with van der Waals surface area (Å²) in [5.41, 5.74) is -0.575. The van der Waals surface area contributed by atoms with Crippen LogP contribution in [0.25, 0.3) is 0 Å². The second-order valence-corrected chi connectivity index (χ2v) is 3.57. The van der Waals surface area contributed by atoms with Crippen LogP contribution in [0.5, 0.6) is 5.88 Å². The Kier molecular flexibility index (Phi) is 2.51. The second-order valence-electron chi connectivity index (χ2n) is 3.57. The first kappa shape index (κ1) is 10.6. The average Bonchev–Trinajstić information content (AvgIpc) is 2.30. The zero-order valence-electron chi connectivity index (χ0n) is 8.74. The number of Topliss-reactive ketones (excluding diaryl/α,β-unsaturated/α-hetero) is 1. The van der Waals surface area contributed by atoms with E-state index >= 15 is 0 Å². The molecule has 0 aliphatic heterocycles. The summed E-state index contributed by atoms with van der Waals surface area (Å²) < 4.78 is 2.45. The van der Waals surface area contributed by atoms with Gasteiger partial charge in [-0.25, -0.2) is 0 Å². The van der Waals surface area contributed by atoms with Gasteiger partial charge in [0.25, 0.3) is 5.56 Å². The minimum atomic E-state index is -0.455. The number of nitrogens with zero attached hydrogens (tertiary/aromatic N) is 2. The van der Waals surface area contributed by atoms with E-state index < -0.39 is 5.56 Å². The summed E-state index contributed by atoms with van der Waals surface area (Å²) in [6.45, 7) is 3.38. The van der Waals surface area contributed by atoms with E-state index in [9.17, 15) is 14.7 Å². The molecule has 1 heterocycles. The molecule has 0 unspecified atom stereocenters. The van der Waals surface area contributed by atoms with Crippen LogP contribution in [0, 0.1) is 5.92 Å². The molecule has 1 N–H and O–H groups in total. The molecule has 0 saturated heterocycles. The Hall–Kier alpha value is -1.52. The van der Waals surface area contributed by atoms with Crippen LogP contribution < -0.4 is 5.56 Å². The summed E-state index contributed by atoms with van der Waals surface area (Å²) in [4.78, 5) is 23.1. The number of carbonyl (C=O) groups excluding carboxylic acids is 1. The molecule has 0 bridgehead atoms. The fraction of sp³-hybridized carbons (Fsp3) is 0.556. The Morgan fingerprint density at radius 1 is 1.29 bits per heavy atom. The van der Waals surface area contributed by atoms with Crippen LogP contribution in [0.2, 0.25) is 0 Å². The van der Waals surface area contributed by atoms with Crippen molar-refractivity contribution in [3.63, 3.8) is 0 Å². The van der Waals surface area contributed by atoms with E-state index in [4.69, 9.17) is 0 Å². The van der Waals surface area contributed by atoms with Gasteiger partial charge in [0, 0.05) is 20.0 Å². The van der Waals surface area contributed by atoms with Crippen LogP contribution in [0.4, 0.5) is 0 Å². The average molecular weight is 198 g/mol. The van der Waals surface area contributed by atoms with Gasteiger partial charge in [-0.15, -0.1) is 0 Å². The quantitative estimate of drug-likeness (QED) is 0.694. The lowest BCUT2D eigenvalue weighted by Crippen LogP contribution is -2.22. The topological polar surface area (TPSA) is 64.2 Å². The Morgan fingerprint density at radius 2 is 1.79 bits per heavy atom. The van der Waals surface area contributed by atoms with Crippen LogP contribution in [0.15, 0.2) is 4.79 Å². The van der Waals surface area contributed by atoms with Crippen molar-refractivity contribution in [3.05, 3.63) is 15.9 Å². The Balaban J connectivity index is 3.44. The molecule has 1 aromatic rings. The predicted molar refractivity (Wildman–Crippen MR) is 51.5 cm³/mol. The van der Waals surface area contributed by atoms with Gasteiger partial charge in [0.05, 0.1) is 0 Å². The number of rotatable bonds is 2. The molecule has 0 saturated carbocycles. The maximum atomic E-state index is 11.6. The first-order valence-electron chi connectivity index (χ1n) is 4.37.